The standard InChI is InChI=1S/C14H10BrClN2O3/c15-8-5-6-10(12(19)7-8)14(21)18-17-13(20)9-3-1-2-4-11(9)16/h1-7,19H,(H,17,20)(H,18,21). The molecule has 2 amide bonds. The molecule has 0 aromatic heterocycles. The van der Waals surface area contributed by atoms with Crippen molar-refractivity contribution in [3.63, 3.8) is 0 Å². The summed E-state index contributed by atoms with van der Waals surface area (Å²) in [7, 11) is 0. The van der Waals surface area contributed by atoms with E-state index in [4.69, 9.17) is 11.6 Å². The number of carbonyl (C=O) groups excluding carboxylic acids is 2. The van der Waals surface area contributed by atoms with Gasteiger partial charge in [-0.1, -0.05) is 39.7 Å². The molecule has 3 N–H and O–H groups in total. The molecule has 0 unspecified atom stereocenters. The van der Waals surface area contributed by atoms with Crippen molar-refractivity contribution in [2.45, 2.75) is 0 Å². The molecular weight excluding hydrogens is 360 g/mol. The van der Waals surface area contributed by atoms with Crippen molar-refractivity contribution in [1.82, 2.24) is 10.9 Å². The van der Waals surface area contributed by atoms with E-state index in [1.807, 2.05) is 0 Å². The number of rotatable bonds is 2. The number of hydrogen-bond acceptors (Lipinski definition) is 3. The van der Waals surface area contributed by atoms with E-state index in [0.29, 0.717) is 4.47 Å². The average Bonchev–Trinajstić information content (AvgIpc) is 2.45. The Hall–Kier alpha value is -2.05. The van der Waals surface area contributed by atoms with Crippen LogP contribution in [0.4, 0.5) is 0 Å². The van der Waals surface area contributed by atoms with Gasteiger partial charge in [-0.3, -0.25) is 20.4 Å². The normalized spacial score (nSPS) is 10.0. The topological polar surface area (TPSA) is 78.4 Å². The number of carbonyl (C=O) groups is 2. The number of phenolic OH excluding ortho intramolecular Hbond substituents is 1. The van der Waals surface area contributed by atoms with Crippen molar-refractivity contribution in [3.05, 3.63) is 63.1 Å². The second-order valence-corrected chi connectivity index (χ2v) is 5.37. The minimum Gasteiger partial charge on any atom is -0.507 e. The van der Waals surface area contributed by atoms with Gasteiger partial charge >= 0.3 is 0 Å². The molecule has 0 radical (unpaired) electrons. The number of hydrazine groups is 1. The van der Waals surface area contributed by atoms with Gasteiger partial charge in [-0.25, -0.2) is 0 Å². The Balaban J connectivity index is 2.04. The maximum absolute atomic E-state index is 11.9. The number of phenols is 1. The Bertz CT molecular complexity index is 706. The van der Waals surface area contributed by atoms with Gasteiger partial charge in [0.15, 0.2) is 0 Å². The van der Waals surface area contributed by atoms with Crippen molar-refractivity contribution in [2.24, 2.45) is 0 Å². The first kappa shape index (κ1) is 15.3. The predicted octanol–water partition coefficient (Wildman–Crippen LogP) is 2.88. The monoisotopic (exact) mass is 368 g/mol. The molecule has 0 aliphatic rings. The minimum absolute atomic E-state index is 0.0395. The molecule has 7 heteroatoms. The molecule has 108 valence electrons. The summed E-state index contributed by atoms with van der Waals surface area (Å²) in [5.74, 6) is -1.39. The van der Waals surface area contributed by atoms with E-state index in [1.165, 1.54) is 18.2 Å². The first-order valence-electron chi connectivity index (χ1n) is 5.83. The molecule has 0 spiro atoms. The molecule has 2 rings (SSSR count). The van der Waals surface area contributed by atoms with Gasteiger partial charge in [0.25, 0.3) is 11.8 Å². The average molecular weight is 370 g/mol. The van der Waals surface area contributed by atoms with Gasteiger partial charge in [0, 0.05) is 4.47 Å². The summed E-state index contributed by atoms with van der Waals surface area (Å²) in [6.45, 7) is 0. The number of halogens is 2. The molecule has 0 heterocycles. The summed E-state index contributed by atoms with van der Waals surface area (Å²) < 4.78 is 0.636. The zero-order chi connectivity index (χ0) is 15.4. The van der Waals surface area contributed by atoms with Crippen molar-refractivity contribution < 1.29 is 14.7 Å². The number of hydrogen-bond donors (Lipinski definition) is 3. The zero-order valence-electron chi connectivity index (χ0n) is 10.6. The third-order valence-electron chi connectivity index (χ3n) is 2.61. The van der Waals surface area contributed by atoms with Crippen LogP contribution in [0.3, 0.4) is 0 Å². The molecule has 0 bridgehead atoms. The van der Waals surface area contributed by atoms with Crippen LogP contribution in [0.15, 0.2) is 46.9 Å². The summed E-state index contributed by atoms with van der Waals surface area (Å²) >= 11 is 9.05. The summed E-state index contributed by atoms with van der Waals surface area (Å²) in [4.78, 5) is 23.7. The van der Waals surface area contributed by atoms with Crippen LogP contribution in [-0.2, 0) is 0 Å². The third kappa shape index (κ3) is 3.74. The molecule has 0 aliphatic carbocycles. The van der Waals surface area contributed by atoms with Gasteiger partial charge in [0.1, 0.15) is 5.75 Å². The predicted molar refractivity (Wildman–Crippen MR) is 82.2 cm³/mol. The Labute approximate surface area is 134 Å². The Morgan fingerprint density at radius 1 is 1.00 bits per heavy atom. The maximum Gasteiger partial charge on any atom is 0.273 e. The molecule has 2 aromatic rings. The summed E-state index contributed by atoms with van der Waals surface area (Å²) in [5.41, 5.74) is 4.72. The Kier molecular flexibility index (Phi) is 4.82. The van der Waals surface area contributed by atoms with Crippen LogP contribution in [-0.4, -0.2) is 16.9 Å². The van der Waals surface area contributed by atoms with E-state index in [1.54, 1.807) is 24.3 Å². The van der Waals surface area contributed by atoms with Crippen molar-refractivity contribution in [1.29, 1.82) is 0 Å². The van der Waals surface area contributed by atoms with Crippen LogP contribution >= 0.6 is 27.5 Å². The van der Waals surface area contributed by atoms with Crippen LogP contribution in [0.25, 0.3) is 0 Å². The van der Waals surface area contributed by atoms with Crippen LogP contribution in [0.2, 0.25) is 5.02 Å². The van der Waals surface area contributed by atoms with Crippen molar-refractivity contribution in [3.8, 4) is 5.75 Å². The molecule has 5 nitrogen and oxygen atoms in total. The molecule has 21 heavy (non-hydrogen) atoms. The van der Waals surface area contributed by atoms with Gasteiger partial charge in [-0.2, -0.15) is 0 Å². The van der Waals surface area contributed by atoms with Crippen LogP contribution in [0.5, 0.6) is 5.75 Å². The number of aromatic hydroxyl groups is 1. The van der Waals surface area contributed by atoms with Gasteiger partial charge in [0.05, 0.1) is 16.1 Å². The summed E-state index contributed by atoms with van der Waals surface area (Å²) in [6, 6.07) is 10.9. The van der Waals surface area contributed by atoms with Gasteiger partial charge < -0.3 is 5.11 Å². The van der Waals surface area contributed by atoms with Crippen LogP contribution in [0.1, 0.15) is 20.7 Å². The number of nitrogens with one attached hydrogen (secondary N) is 2. The quantitative estimate of drug-likeness (QED) is 0.712. The smallest absolute Gasteiger partial charge is 0.273 e. The van der Waals surface area contributed by atoms with E-state index in [-0.39, 0.29) is 21.9 Å². The fraction of sp³-hybridized carbons (Fsp3) is 0. The van der Waals surface area contributed by atoms with E-state index >= 15 is 0 Å². The summed E-state index contributed by atoms with van der Waals surface area (Å²) in [5, 5.41) is 9.94. The molecule has 2 aromatic carbocycles. The Morgan fingerprint density at radius 2 is 1.62 bits per heavy atom. The molecule has 0 saturated heterocycles. The highest BCUT2D eigenvalue weighted by Crippen LogP contribution is 2.22. The highest BCUT2D eigenvalue weighted by molar-refractivity contribution is 9.10. The lowest BCUT2D eigenvalue weighted by Gasteiger charge is -2.09. The van der Waals surface area contributed by atoms with Crippen LogP contribution in [0, 0.1) is 0 Å². The van der Waals surface area contributed by atoms with Crippen LogP contribution < -0.4 is 10.9 Å². The second kappa shape index (κ2) is 6.60. The number of amides is 2. The molecular formula is C14H10BrClN2O3. The number of benzene rings is 2. The second-order valence-electron chi connectivity index (χ2n) is 4.05. The molecule has 0 saturated carbocycles. The first-order chi connectivity index (χ1) is 9.99. The lowest BCUT2D eigenvalue weighted by Crippen LogP contribution is -2.41. The van der Waals surface area contributed by atoms with E-state index in [2.05, 4.69) is 26.8 Å². The highest BCUT2D eigenvalue weighted by atomic mass is 79.9. The van der Waals surface area contributed by atoms with Crippen molar-refractivity contribution in [2.75, 3.05) is 0 Å². The molecule has 0 fully saturated rings. The molecule has 0 aliphatic heterocycles. The fourth-order valence-corrected chi connectivity index (χ4v) is 2.16. The lowest BCUT2D eigenvalue weighted by atomic mass is 10.2. The highest BCUT2D eigenvalue weighted by Gasteiger charge is 2.14. The summed E-state index contributed by atoms with van der Waals surface area (Å²) in [6.07, 6.45) is 0. The van der Waals surface area contributed by atoms with Gasteiger partial charge in [0.2, 0.25) is 0 Å². The maximum atomic E-state index is 11.9. The molecule has 0 atom stereocenters. The van der Waals surface area contributed by atoms with E-state index < -0.39 is 11.8 Å². The zero-order valence-corrected chi connectivity index (χ0v) is 12.9. The first-order valence-corrected chi connectivity index (χ1v) is 7.00. The largest absolute Gasteiger partial charge is 0.507 e. The van der Waals surface area contributed by atoms with Gasteiger partial charge in [-0.15, -0.1) is 0 Å². The van der Waals surface area contributed by atoms with E-state index in [9.17, 15) is 14.7 Å². The minimum atomic E-state index is -0.639. The Morgan fingerprint density at radius 3 is 2.24 bits per heavy atom. The van der Waals surface area contributed by atoms with Crippen molar-refractivity contribution >= 4 is 39.3 Å². The fourth-order valence-electron chi connectivity index (χ4n) is 1.59. The lowest BCUT2D eigenvalue weighted by molar-refractivity contribution is 0.0845. The third-order valence-corrected chi connectivity index (χ3v) is 3.44. The van der Waals surface area contributed by atoms with E-state index in [0.717, 1.165) is 0 Å². The van der Waals surface area contributed by atoms with Gasteiger partial charge in [-0.05, 0) is 30.3 Å². The SMILES string of the molecule is O=C(NNC(=O)c1ccccc1Cl)c1ccc(Br)cc1O.